The molecule has 19 heavy (non-hydrogen) atoms. The van der Waals surface area contributed by atoms with E-state index in [9.17, 15) is 4.79 Å². The number of carbonyl (C=O) groups is 1. The van der Waals surface area contributed by atoms with E-state index in [0.29, 0.717) is 16.8 Å². The van der Waals surface area contributed by atoms with Gasteiger partial charge in [0.1, 0.15) is 0 Å². The Morgan fingerprint density at radius 1 is 1.47 bits per heavy atom. The maximum absolute atomic E-state index is 11.0. The monoisotopic (exact) mass is 282 g/mol. The van der Waals surface area contributed by atoms with Crippen LogP contribution in [0, 0.1) is 0 Å². The van der Waals surface area contributed by atoms with Gasteiger partial charge in [-0.1, -0.05) is 11.6 Å². The maximum Gasteiger partial charge on any atom is 0.221 e. The van der Waals surface area contributed by atoms with Crippen LogP contribution in [0.15, 0.2) is 18.2 Å². The summed E-state index contributed by atoms with van der Waals surface area (Å²) in [6.07, 6.45) is 2.84. The Morgan fingerprint density at radius 2 is 2.26 bits per heavy atom. The predicted molar refractivity (Wildman–Crippen MR) is 77.8 cm³/mol. The van der Waals surface area contributed by atoms with E-state index in [2.05, 4.69) is 17.6 Å². The van der Waals surface area contributed by atoms with Gasteiger partial charge in [-0.3, -0.25) is 4.79 Å². The lowest BCUT2D eigenvalue weighted by Gasteiger charge is -2.14. The number of ether oxygens (including phenoxy) is 1. The van der Waals surface area contributed by atoms with Gasteiger partial charge in [0.2, 0.25) is 5.91 Å². The summed E-state index contributed by atoms with van der Waals surface area (Å²) in [6, 6.07) is 5.50. The molecule has 1 saturated heterocycles. The number of carbonyl (C=O) groups excluding carboxylic acids is 1. The first-order chi connectivity index (χ1) is 9.04. The van der Waals surface area contributed by atoms with Gasteiger partial charge in [-0.25, -0.2) is 0 Å². The molecule has 0 radical (unpaired) electrons. The van der Waals surface area contributed by atoms with Gasteiger partial charge in [0.05, 0.1) is 22.9 Å². The van der Waals surface area contributed by atoms with Gasteiger partial charge in [-0.15, -0.1) is 0 Å². The lowest BCUT2D eigenvalue weighted by atomic mass is 10.2. The second kappa shape index (κ2) is 6.26. The number of nitrogens with one attached hydrogen (secondary N) is 2. The van der Waals surface area contributed by atoms with Crippen molar-refractivity contribution in [1.29, 1.82) is 0 Å². The predicted octanol–water partition coefficient (Wildman–Crippen LogP) is 3.28. The van der Waals surface area contributed by atoms with Crippen molar-refractivity contribution >= 4 is 28.9 Å². The van der Waals surface area contributed by atoms with Crippen LogP contribution in [0.3, 0.4) is 0 Å². The topological polar surface area (TPSA) is 50.4 Å². The molecule has 0 aromatic heterocycles. The minimum Gasteiger partial charge on any atom is -0.382 e. The molecular weight excluding hydrogens is 264 g/mol. The van der Waals surface area contributed by atoms with Crippen LogP contribution in [-0.4, -0.2) is 24.7 Å². The summed E-state index contributed by atoms with van der Waals surface area (Å²) in [5.41, 5.74) is 1.56. The van der Waals surface area contributed by atoms with Crippen LogP contribution in [0.2, 0.25) is 5.02 Å². The van der Waals surface area contributed by atoms with Crippen LogP contribution < -0.4 is 10.6 Å². The van der Waals surface area contributed by atoms with Gasteiger partial charge in [0.15, 0.2) is 0 Å². The van der Waals surface area contributed by atoms with Crippen molar-refractivity contribution in [2.75, 3.05) is 17.2 Å². The zero-order valence-corrected chi connectivity index (χ0v) is 12.0. The summed E-state index contributed by atoms with van der Waals surface area (Å²) < 4.78 is 5.74. The number of rotatable bonds is 4. The molecule has 1 aromatic carbocycles. The highest BCUT2D eigenvalue weighted by Gasteiger charge is 2.21. The number of anilines is 2. The second-order valence-electron chi connectivity index (χ2n) is 4.90. The fourth-order valence-electron chi connectivity index (χ4n) is 2.18. The van der Waals surface area contributed by atoms with Gasteiger partial charge in [-0.05, 0) is 38.0 Å². The Morgan fingerprint density at radius 3 is 2.84 bits per heavy atom. The molecule has 104 valence electrons. The minimum absolute atomic E-state index is 0.129. The van der Waals surface area contributed by atoms with E-state index in [1.807, 2.05) is 12.1 Å². The Kier molecular flexibility index (Phi) is 4.66. The zero-order valence-electron chi connectivity index (χ0n) is 11.2. The van der Waals surface area contributed by atoms with E-state index in [1.54, 1.807) is 6.07 Å². The molecule has 1 aliphatic heterocycles. The Bertz CT molecular complexity index is 465. The molecule has 2 rings (SSSR count). The number of benzene rings is 1. The van der Waals surface area contributed by atoms with Crippen molar-refractivity contribution < 1.29 is 9.53 Å². The van der Waals surface area contributed by atoms with E-state index in [1.165, 1.54) is 6.92 Å². The number of hydrogen-bond acceptors (Lipinski definition) is 3. The molecule has 1 aromatic rings. The van der Waals surface area contributed by atoms with Crippen molar-refractivity contribution in [3.8, 4) is 0 Å². The highest BCUT2D eigenvalue weighted by atomic mass is 35.5. The largest absolute Gasteiger partial charge is 0.382 e. The molecule has 1 aliphatic rings. The molecule has 1 heterocycles. The molecule has 2 unspecified atom stereocenters. The summed E-state index contributed by atoms with van der Waals surface area (Å²) in [5.74, 6) is -0.129. The lowest BCUT2D eigenvalue weighted by molar-refractivity contribution is -0.114. The molecule has 1 fully saturated rings. The van der Waals surface area contributed by atoms with E-state index in [4.69, 9.17) is 16.3 Å². The smallest absolute Gasteiger partial charge is 0.221 e. The van der Waals surface area contributed by atoms with Gasteiger partial charge < -0.3 is 15.4 Å². The molecule has 0 spiro atoms. The first-order valence-corrected chi connectivity index (χ1v) is 6.89. The summed E-state index contributed by atoms with van der Waals surface area (Å²) in [6.45, 7) is 4.33. The first kappa shape index (κ1) is 14.2. The third kappa shape index (κ3) is 4.11. The summed E-state index contributed by atoms with van der Waals surface area (Å²) >= 11 is 6.11. The van der Waals surface area contributed by atoms with Gasteiger partial charge in [0, 0.05) is 19.2 Å². The molecule has 1 amide bonds. The Labute approximate surface area is 118 Å². The van der Waals surface area contributed by atoms with Crippen molar-refractivity contribution in [2.24, 2.45) is 0 Å². The molecule has 0 bridgehead atoms. The number of amides is 1. The average molecular weight is 283 g/mol. The Balaban J connectivity index is 1.90. The van der Waals surface area contributed by atoms with Crippen LogP contribution in [0.4, 0.5) is 11.4 Å². The first-order valence-electron chi connectivity index (χ1n) is 6.51. The van der Waals surface area contributed by atoms with Crippen molar-refractivity contribution in [3.05, 3.63) is 23.2 Å². The lowest BCUT2D eigenvalue weighted by Crippen LogP contribution is -2.19. The minimum atomic E-state index is -0.129. The summed E-state index contributed by atoms with van der Waals surface area (Å²) in [5, 5.41) is 6.51. The van der Waals surface area contributed by atoms with E-state index < -0.39 is 0 Å². The third-order valence-corrected chi connectivity index (χ3v) is 3.45. The van der Waals surface area contributed by atoms with Crippen molar-refractivity contribution in [3.63, 3.8) is 0 Å². The molecule has 2 N–H and O–H groups in total. The van der Waals surface area contributed by atoms with Gasteiger partial charge in [0.25, 0.3) is 0 Å². The maximum atomic E-state index is 11.0. The SMILES string of the molecule is CC(=O)Nc1ccc(NCC2CCC(C)O2)cc1Cl. The number of halogens is 1. The summed E-state index contributed by atoms with van der Waals surface area (Å²) in [7, 11) is 0. The quantitative estimate of drug-likeness (QED) is 0.891. The zero-order chi connectivity index (χ0) is 13.8. The van der Waals surface area contributed by atoms with E-state index >= 15 is 0 Å². The van der Waals surface area contributed by atoms with Crippen LogP contribution in [0.1, 0.15) is 26.7 Å². The summed E-state index contributed by atoms with van der Waals surface area (Å²) in [4.78, 5) is 11.0. The van der Waals surface area contributed by atoms with Gasteiger partial charge >= 0.3 is 0 Å². The molecule has 0 saturated carbocycles. The highest BCUT2D eigenvalue weighted by Crippen LogP contribution is 2.26. The van der Waals surface area contributed by atoms with E-state index in [-0.39, 0.29) is 12.0 Å². The molecule has 4 nitrogen and oxygen atoms in total. The van der Waals surface area contributed by atoms with E-state index in [0.717, 1.165) is 25.1 Å². The van der Waals surface area contributed by atoms with Crippen LogP contribution in [-0.2, 0) is 9.53 Å². The van der Waals surface area contributed by atoms with Crippen molar-refractivity contribution in [1.82, 2.24) is 0 Å². The molecule has 2 atom stereocenters. The number of hydrogen-bond donors (Lipinski definition) is 2. The molecular formula is C14H19ClN2O2. The third-order valence-electron chi connectivity index (χ3n) is 3.13. The van der Waals surface area contributed by atoms with Crippen LogP contribution in [0.5, 0.6) is 0 Å². The average Bonchev–Trinajstić information content (AvgIpc) is 2.75. The van der Waals surface area contributed by atoms with Crippen LogP contribution in [0.25, 0.3) is 0 Å². The fraction of sp³-hybridized carbons (Fsp3) is 0.500. The normalized spacial score (nSPS) is 22.3. The highest BCUT2D eigenvalue weighted by molar-refractivity contribution is 6.34. The standard InChI is InChI=1S/C14H19ClN2O2/c1-9-3-5-12(19-9)8-16-11-4-6-14(13(15)7-11)17-10(2)18/h4,6-7,9,12,16H,3,5,8H2,1-2H3,(H,17,18). The fourth-order valence-corrected chi connectivity index (χ4v) is 2.41. The van der Waals surface area contributed by atoms with Crippen LogP contribution >= 0.6 is 11.6 Å². The molecule has 5 heteroatoms. The second-order valence-corrected chi connectivity index (χ2v) is 5.31. The van der Waals surface area contributed by atoms with Crippen molar-refractivity contribution in [2.45, 2.75) is 38.9 Å². The Hall–Kier alpha value is -1.26. The van der Waals surface area contributed by atoms with Gasteiger partial charge in [-0.2, -0.15) is 0 Å². The molecule has 0 aliphatic carbocycles.